The van der Waals surface area contributed by atoms with E-state index in [1.54, 1.807) is 6.92 Å². The molecule has 0 bridgehead atoms. The summed E-state index contributed by atoms with van der Waals surface area (Å²) in [7, 11) is 0. The van der Waals surface area contributed by atoms with Gasteiger partial charge in [-0.25, -0.2) is 0 Å². The Bertz CT molecular complexity index is 145. The number of rotatable bonds is 5. The van der Waals surface area contributed by atoms with Gasteiger partial charge in [0.25, 0.3) is 0 Å². The van der Waals surface area contributed by atoms with Gasteiger partial charge in [0.15, 0.2) is 0 Å². The highest BCUT2D eigenvalue weighted by Gasteiger charge is 2.15. The summed E-state index contributed by atoms with van der Waals surface area (Å²) in [5, 5.41) is 0. The van der Waals surface area contributed by atoms with Crippen LogP contribution in [0.2, 0.25) is 0 Å². The smallest absolute Gasteiger partial charge is 0.129 e. The van der Waals surface area contributed by atoms with Crippen LogP contribution in [0.1, 0.15) is 40.0 Å². The van der Waals surface area contributed by atoms with Crippen LogP contribution in [0.25, 0.3) is 0 Å². The van der Waals surface area contributed by atoms with Crippen molar-refractivity contribution in [2.45, 2.75) is 40.0 Å². The monoisotopic (exact) mass is 154 g/mol. The molecule has 0 aliphatic rings. The summed E-state index contributed by atoms with van der Waals surface area (Å²) in [5.74, 6) is 0.280. The highest BCUT2D eigenvalue weighted by Crippen LogP contribution is 2.26. The third-order valence-electron chi connectivity index (χ3n) is 1.85. The fraction of sp³-hybridized carbons (Fsp3) is 0.700. The minimum atomic E-state index is 0.243. The fourth-order valence-corrected chi connectivity index (χ4v) is 1.01. The first-order chi connectivity index (χ1) is 4.98. The number of Topliss-reactive ketones (excluding diaryl/α,β-unsaturated/α-hetero) is 1. The molecule has 0 saturated heterocycles. The van der Waals surface area contributed by atoms with Crippen molar-refractivity contribution in [2.24, 2.45) is 5.41 Å². The Morgan fingerprint density at radius 2 is 2.09 bits per heavy atom. The number of allylic oxidation sites excluding steroid dienone is 1. The third kappa shape index (κ3) is 5.84. The lowest BCUT2D eigenvalue weighted by Crippen LogP contribution is -2.11. The van der Waals surface area contributed by atoms with Crippen molar-refractivity contribution in [1.29, 1.82) is 0 Å². The first-order valence-electron chi connectivity index (χ1n) is 4.08. The molecule has 1 nitrogen and oxygen atoms in total. The second kappa shape index (κ2) is 4.32. The summed E-state index contributed by atoms with van der Waals surface area (Å²) in [5.41, 5.74) is 0.243. The highest BCUT2D eigenvalue weighted by molar-refractivity contribution is 5.75. The van der Waals surface area contributed by atoms with Crippen molar-refractivity contribution < 1.29 is 4.79 Å². The van der Waals surface area contributed by atoms with E-state index in [4.69, 9.17) is 0 Å². The molecule has 0 aromatic carbocycles. The first-order valence-corrected chi connectivity index (χ1v) is 4.08. The van der Waals surface area contributed by atoms with Crippen molar-refractivity contribution in [3.8, 4) is 0 Å². The zero-order valence-corrected chi connectivity index (χ0v) is 7.81. The lowest BCUT2D eigenvalue weighted by Gasteiger charge is -2.21. The Labute approximate surface area is 69.5 Å². The Morgan fingerprint density at radius 1 is 1.55 bits per heavy atom. The van der Waals surface area contributed by atoms with E-state index in [2.05, 4.69) is 20.4 Å². The molecule has 0 heterocycles. The highest BCUT2D eigenvalue weighted by atomic mass is 16.1. The quantitative estimate of drug-likeness (QED) is 0.556. The van der Waals surface area contributed by atoms with E-state index < -0.39 is 0 Å². The maximum atomic E-state index is 10.7. The van der Waals surface area contributed by atoms with Crippen LogP contribution in [-0.4, -0.2) is 5.78 Å². The predicted molar refractivity (Wildman–Crippen MR) is 48.5 cm³/mol. The van der Waals surface area contributed by atoms with E-state index in [0.717, 1.165) is 12.8 Å². The normalized spacial score (nSPS) is 11.2. The lowest BCUT2D eigenvalue weighted by molar-refractivity contribution is -0.117. The molecule has 0 rings (SSSR count). The number of hydrogen-bond acceptors (Lipinski definition) is 1. The predicted octanol–water partition coefficient (Wildman–Crippen LogP) is 2.96. The number of hydrogen-bond donors (Lipinski definition) is 0. The first kappa shape index (κ1) is 10.4. The molecular formula is C10H18O. The van der Waals surface area contributed by atoms with Crippen LogP contribution in [0.15, 0.2) is 12.7 Å². The Kier molecular flexibility index (Phi) is 4.09. The third-order valence-corrected chi connectivity index (χ3v) is 1.85. The largest absolute Gasteiger partial charge is 0.300 e. The van der Waals surface area contributed by atoms with E-state index in [1.165, 1.54) is 0 Å². The van der Waals surface area contributed by atoms with Crippen LogP contribution >= 0.6 is 0 Å². The van der Waals surface area contributed by atoms with Gasteiger partial charge in [-0.15, -0.1) is 6.58 Å². The summed E-state index contributed by atoms with van der Waals surface area (Å²) in [6.07, 6.45) is 4.57. The van der Waals surface area contributed by atoms with E-state index in [9.17, 15) is 4.79 Å². The van der Waals surface area contributed by atoms with Crippen LogP contribution in [-0.2, 0) is 4.79 Å². The zero-order chi connectivity index (χ0) is 8.91. The molecule has 0 atom stereocenters. The average Bonchev–Trinajstić information content (AvgIpc) is 1.84. The van der Waals surface area contributed by atoms with Crippen molar-refractivity contribution >= 4 is 5.78 Å². The molecule has 0 saturated carbocycles. The zero-order valence-electron chi connectivity index (χ0n) is 7.81. The molecule has 0 aliphatic carbocycles. The van der Waals surface area contributed by atoms with Gasteiger partial charge in [0.2, 0.25) is 0 Å². The van der Waals surface area contributed by atoms with Gasteiger partial charge in [-0.1, -0.05) is 19.9 Å². The van der Waals surface area contributed by atoms with Crippen LogP contribution in [0, 0.1) is 5.41 Å². The van der Waals surface area contributed by atoms with Gasteiger partial charge in [0, 0.05) is 6.42 Å². The summed E-state index contributed by atoms with van der Waals surface area (Å²) in [6.45, 7) is 9.66. The second-order valence-corrected chi connectivity index (χ2v) is 3.86. The molecule has 0 aromatic heterocycles. The molecule has 0 radical (unpaired) electrons. The van der Waals surface area contributed by atoms with Gasteiger partial charge in [-0.2, -0.15) is 0 Å². The van der Waals surface area contributed by atoms with Gasteiger partial charge < -0.3 is 4.79 Å². The van der Waals surface area contributed by atoms with Gasteiger partial charge >= 0.3 is 0 Å². The molecule has 11 heavy (non-hydrogen) atoms. The number of carbonyl (C=O) groups is 1. The molecule has 1 heteroatoms. The second-order valence-electron chi connectivity index (χ2n) is 3.86. The maximum Gasteiger partial charge on any atom is 0.129 e. The van der Waals surface area contributed by atoms with Crippen LogP contribution in [0.3, 0.4) is 0 Å². The molecule has 0 fully saturated rings. The maximum absolute atomic E-state index is 10.7. The van der Waals surface area contributed by atoms with E-state index in [1.807, 2.05) is 6.08 Å². The molecule has 0 spiro atoms. The van der Waals surface area contributed by atoms with Gasteiger partial charge in [-0.05, 0) is 25.2 Å². The lowest BCUT2D eigenvalue weighted by atomic mass is 9.84. The minimum absolute atomic E-state index is 0.243. The number of ketones is 1. The van der Waals surface area contributed by atoms with Gasteiger partial charge in [0.05, 0.1) is 0 Å². The van der Waals surface area contributed by atoms with E-state index in [0.29, 0.717) is 6.42 Å². The molecule has 64 valence electrons. The average molecular weight is 154 g/mol. The minimum Gasteiger partial charge on any atom is -0.300 e. The van der Waals surface area contributed by atoms with Crippen molar-refractivity contribution in [3.05, 3.63) is 12.7 Å². The van der Waals surface area contributed by atoms with Crippen molar-refractivity contribution in [2.75, 3.05) is 0 Å². The van der Waals surface area contributed by atoms with Crippen LogP contribution in [0.4, 0.5) is 0 Å². The van der Waals surface area contributed by atoms with Crippen molar-refractivity contribution in [1.82, 2.24) is 0 Å². The van der Waals surface area contributed by atoms with Crippen LogP contribution < -0.4 is 0 Å². The summed E-state index contributed by atoms with van der Waals surface area (Å²) >= 11 is 0. The number of carbonyl (C=O) groups excluding carboxylic acids is 1. The molecule has 0 aromatic rings. The van der Waals surface area contributed by atoms with Gasteiger partial charge in [-0.3, -0.25) is 0 Å². The Balaban J connectivity index is 3.71. The summed E-state index contributed by atoms with van der Waals surface area (Å²) in [6, 6.07) is 0. The Hall–Kier alpha value is -0.590. The molecule has 0 N–H and O–H groups in total. The Morgan fingerprint density at radius 3 is 2.45 bits per heavy atom. The van der Waals surface area contributed by atoms with E-state index >= 15 is 0 Å². The fourth-order valence-electron chi connectivity index (χ4n) is 1.01. The SMILES string of the molecule is C=CCC(C)(C)CCC(C)=O. The molecular weight excluding hydrogens is 136 g/mol. The van der Waals surface area contributed by atoms with E-state index in [-0.39, 0.29) is 11.2 Å². The summed E-state index contributed by atoms with van der Waals surface area (Å²) in [4.78, 5) is 10.7. The molecule has 0 unspecified atom stereocenters. The topological polar surface area (TPSA) is 17.1 Å². The molecule has 0 aliphatic heterocycles. The van der Waals surface area contributed by atoms with Crippen LogP contribution in [0.5, 0.6) is 0 Å². The molecule has 0 amide bonds. The van der Waals surface area contributed by atoms with Crippen molar-refractivity contribution in [3.63, 3.8) is 0 Å². The summed E-state index contributed by atoms with van der Waals surface area (Å²) < 4.78 is 0. The standard InChI is InChI=1S/C10H18O/c1-5-7-10(3,4)8-6-9(2)11/h5H,1,6-8H2,2-4H3. The van der Waals surface area contributed by atoms with Gasteiger partial charge in [0.1, 0.15) is 5.78 Å².